The second kappa shape index (κ2) is 8.49. The van der Waals surface area contributed by atoms with Crippen molar-refractivity contribution in [2.24, 2.45) is 5.10 Å². The number of nitrogens with zero attached hydrogens (tertiary/aromatic N) is 3. The van der Waals surface area contributed by atoms with Crippen LogP contribution in [0.2, 0.25) is 10.0 Å². The molecule has 0 unspecified atom stereocenters. The van der Waals surface area contributed by atoms with Crippen molar-refractivity contribution in [1.82, 2.24) is 15.2 Å². The molecule has 132 valence electrons. The standard InChI is InChI=1S/C18H13BrCl2N4O/c19-14-3-1-2-13(8-14)11-25-7-6-17(24-25)18(26)23-22-10-12-4-5-15(20)16(21)9-12/h1-10H,11H2,(H,23,26)/b22-10+. The summed E-state index contributed by atoms with van der Waals surface area (Å²) in [5.41, 5.74) is 4.52. The summed E-state index contributed by atoms with van der Waals surface area (Å²) >= 11 is 15.2. The lowest BCUT2D eigenvalue weighted by molar-refractivity contribution is 0.0949. The third kappa shape index (κ3) is 4.94. The summed E-state index contributed by atoms with van der Waals surface area (Å²) in [4.78, 5) is 12.1. The Labute approximate surface area is 168 Å². The Kier molecular flexibility index (Phi) is 6.08. The van der Waals surface area contributed by atoms with Gasteiger partial charge in [0.15, 0.2) is 5.69 Å². The first-order chi connectivity index (χ1) is 12.5. The first-order valence-corrected chi connectivity index (χ1v) is 9.12. The van der Waals surface area contributed by atoms with Crippen LogP contribution in [0.3, 0.4) is 0 Å². The van der Waals surface area contributed by atoms with Crippen LogP contribution in [0.4, 0.5) is 0 Å². The predicted molar refractivity (Wildman–Crippen MR) is 107 cm³/mol. The number of rotatable bonds is 5. The van der Waals surface area contributed by atoms with Gasteiger partial charge in [0.2, 0.25) is 0 Å². The number of amides is 1. The molecule has 0 bridgehead atoms. The molecule has 8 heteroatoms. The highest BCUT2D eigenvalue weighted by molar-refractivity contribution is 9.10. The van der Waals surface area contributed by atoms with E-state index in [-0.39, 0.29) is 5.69 Å². The van der Waals surface area contributed by atoms with Gasteiger partial charge in [-0.3, -0.25) is 9.48 Å². The summed E-state index contributed by atoms with van der Waals surface area (Å²) in [6.45, 7) is 0.569. The molecule has 3 aromatic rings. The van der Waals surface area contributed by atoms with Crippen molar-refractivity contribution >= 4 is 51.3 Å². The Morgan fingerprint density at radius 1 is 1.19 bits per heavy atom. The van der Waals surface area contributed by atoms with Gasteiger partial charge in [-0.15, -0.1) is 0 Å². The number of hydrogen-bond donors (Lipinski definition) is 1. The Morgan fingerprint density at radius 3 is 2.81 bits per heavy atom. The van der Waals surface area contributed by atoms with Crippen molar-refractivity contribution in [1.29, 1.82) is 0 Å². The van der Waals surface area contributed by atoms with Gasteiger partial charge in [-0.05, 0) is 41.5 Å². The van der Waals surface area contributed by atoms with E-state index in [1.165, 1.54) is 6.21 Å². The van der Waals surface area contributed by atoms with Crippen molar-refractivity contribution in [2.45, 2.75) is 6.54 Å². The minimum absolute atomic E-state index is 0.284. The van der Waals surface area contributed by atoms with E-state index in [2.05, 4.69) is 31.6 Å². The third-order valence-electron chi connectivity index (χ3n) is 3.43. The van der Waals surface area contributed by atoms with Crippen LogP contribution < -0.4 is 5.43 Å². The molecule has 5 nitrogen and oxygen atoms in total. The molecule has 1 heterocycles. The number of benzene rings is 2. The molecule has 26 heavy (non-hydrogen) atoms. The number of aromatic nitrogens is 2. The van der Waals surface area contributed by atoms with E-state index in [1.807, 2.05) is 24.3 Å². The molecule has 0 saturated carbocycles. The van der Waals surface area contributed by atoms with Gasteiger partial charge in [0.25, 0.3) is 5.91 Å². The van der Waals surface area contributed by atoms with E-state index in [9.17, 15) is 4.79 Å². The van der Waals surface area contributed by atoms with Gasteiger partial charge >= 0.3 is 0 Å². The first-order valence-electron chi connectivity index (χ1n) is 7.57. The van der Waals surface area contributed by atoms with E-state index in [1.54, 1.807) is 35.1 Å². The lowest BCUT2D eigenvalue weighted by Gasteiger charge is -2.02. The molecular formula is C18H13BrCl2N4O. The maximum Gasteiger partial charge on any atom is 0.291 e. The van der Waals surface area contributed by atoms with E-state index in [0.29, 0.717) is 16.6 Å². The predicted octanol–water partition coefficient (Wildman–Crippen LogP) is 4.76. The van der Waals surface area contributed by atoms with E-state index in [4.69, 9.17) is 23.2 Å². The third-order valence-corrected chi connectivity index (χ3v) is 4.66. The highest BCUT2D eigenvalue weighted by Gasteiger charge is 2.09. The largest absolute Gasteiger partial charge is 0.291 e. The van der Waals surface area contributed by atoms with Crippen LogP contribution in [-0.2, 0) is 6.54 Å². The molecule has 2 aromatic carbocycles. The molecule has 0 atom stereocenters. The molecule has 0 aliphatic carbocycles. The molecule has 0 spiro atoms. The topological polar surface area (TPSA) is 59.3 Å². The summed E-state index contributed by atoms with van der Waals surface area (Å²) < 4.78 is 2.69. The minimum Gasteiger partial charge on any atom is -0.268 e. The fraction of sp³-hybridized carbons (Fsp3) is 0.0556. The van der Waals surface area contributed by atoms with Gasteiger partial charge in [0.1, 0.15) is 0 Å². The Morgan fingerprint density at radius 2 is 2.04 bits per heavy atom. The van der Waals surface area contributed by atoms with Gasteiger partial charge < -0.3 is 0 Å². The van der Waals surface area contributed by atoms with Gasteiger partial charge in [-0.25, -0.2) is 5.43 Å². The molecule has 0 fully saturated rings. The quantitative estimate of drug-likeness (QED) is 0.448. The minimum atomic E-state index is -0.394. The highest BCUT2D eigenvalue weighted by Crippen LogP contribution is 2.21. The van der Waals surface area contributed by atoms with Gasteiger partial charge in [0.05, 0.1) is 22.8 Å². The Hall–Kier alpha value is -2.15. The number of hydrazone groups is 1. The van der Waals surface area contributed by atoms with Crippen molar-refractivity contribution < 1.29 is 4.79 Å². The molecule has 0 saturated heterocycles. The number of carbonyl (C=O) groups is 1. The molecule has 1 N–H and O–H groups in total. The lowest BCUT2D eigenvalue weighted by atomic mass is 10.2. The second-order valence-corrected chi connectivity index (χ2v) is 7.13. The summed E-state index contributed by atoms with van der Waals surface area (Å²) in [5, 5.41) is 9.06. The van der Waals surface area contributed by atoms with Gasteiger partial charge in [0, 0.05) is 10.7 Å². The SMILES string of the molecule is O=C(N/N=C/c1ccc(Cl)c(Cl)c1)c1ccn(Cc2cccc(Br)c2)n1. The van der Waals surface area contributed by atoms with E-state index >= 15 is 0 Å². The van der Waals surface area contributed by atoms with Crippen LogP contribution in [-0.4, -0.2) is 21.9 Å². The number of carbonyl (C=O) groups excluding carboxylic acids is 1. The monoisotopic (exact) mass is 450 g/mol. The molecule has 3 rings (SSSR count). The Balaban J connectivity index is 1.61. The number of hydrogen-bond acceptors (Lipinski definition) is 3. The van der Waals surface area contributed by atoms with Crippen LogP contribution in [0.1, 0.15) is 21.6 Å². The normalized spacial score (nSPS) is 11.0. The number of halogens is 3. The second-order valence-electron chi connectivity index (χ2n) is 5.40. The van der Waals surface area contributed by atoms with Crippen LogP contribution >= 0.6 is 39.1 Å². The lowest BCUT2D eigenvalue weighted by Crippen LogP contribution is -2.18. The fourth-order valence-corrected chi connectivity index (χ4v) is 2.96. The average Bonchev–Trinajstić information content (AvgIpc) is 3.06. The molecular weight excluding hydrogens is 439 g/mol. The zero-order valence-electron chi connectivity index (χ0n) is 13.4. The molecule has 1 amide bonds. The van der Waals surface area contributed by atoms with Crippen molar-refractivity contribution in [3.63, 3.8) is 0 Å². The van der Waals surface area contributed by atoms with E-state index in [0.717, 1.165) is 15.6 Å². The maximum atomic E-state index is 12.1. The maximum absolute atomic E-state index is 12.1. The zero-order valence-corrected chi connectivity index (χ0v) is 16.5. The summed E-state index contributed by atoms with van der Waals surface area (Å²) in [6, 6.07) is 14.6. The molecule has 0 radical (unpaired) electrons. The van der Waals surface area contributed by atoms with Crippen LogP contribution in [0.15, 0.2) is 64.3 Å². The first kappa shape index (κ1) is 18.6. The summed E-state index contributed by atoms with van der Waals surface area (Å²) in [6.07, 6.45) is 3.23. The average molecular weight is 452 g/mol. The highest BCUT2D eigenvalue weighted by atomic mass is 79.9. The van der Waals surface area contributed by atoms with Crippen molar-refractivity contribution in [2.75, 3.05) is 0 Å². The molecule has 1 aromatic heterocycles. The van der Waals surface area contributed by atoms with Gasteiger partial charge in [-0.1, -0.05) is 57.3 Å². The van der Waals surface area contributed by atoms with Crippen molar-refractivity contribution in [3.8, 4) is 0 Å². The van der Waals surface area contributed by atoms with Crippen LogP contribution in [0.25, 0.3) is 0 Å². The van der Waals surface area contributed by atoms with Crippen LogP contribution in [0, 0.1) is 0 Å². The van der Waals surface area contributed by atoms with Crippen molar-refractivity contribution in [3.05, 3.63) is 86.1 Å². The van der Waals surface area contributed by atoms with Crippen LogP contribution in [0.5, 0.6) is 0 Å². The number of nitrogens with one attached hydrogen (secondary N) is 1. The smallest absolute Gasteiger partial charge is 0.268 e. The zero-order chi connectivity index (χ0) is 18.5. The molecule has 0 aliphatic heterocycles. The molecule has 0 aliphatic rings. The summed E-state index contributed by atoms with van der Waals surface area (Å²) in [5.74, 6) is -0.394. The fourth-order valence-electron chi connectivity index (χ4n) is 2.21. The summed E-state index contributed by atoms with van der Waals surface area (Å²) in [7, 11) is 0. The van der Waals surface area contributed by atoms with E-state index < -0.39 is 5.91 Å². The Bertz CT molecular complexity index is 971. The van der Waals surface area contributed by atoms with Gasteiger partial charge in [-0.2, -0.15) is 10.2 Å².